The van der Waals surface area contributed by atoms with Gasteiger partial charge in [0.25, 0.3) is 0 Å². The molecular formula is C95H180O2. The molecule has 0 fully saturated rings. The van der Waals surface area contributed by atoms with Crippen LogP contribution in [-0.4, -0.2) is 14.2 Å². The molecule has 1 unspecified atom stereocenters. The second-order valence-corrected chi connectivity index (χ2v) is 30.0. The first-order valence-corrected chi connectivity index (χ1v) is 43.2. The van der Waals surface area contributed by atoms with E-state index in [1.807, 2.05) is 30.3 Å². The number of ether oxygens (including phenoxy) is 2. The van der Waals surface area contributed by atoms with E-state index in [0.717, 1.165) is 11.5 Å². The molecule has 0 aliphatic rings. The molecule has 0 bridgehead atoms. The van der Waals surface area contributed by atoms with Gasteiger partial charge in [0, 0.05) is 0 Å². The highest BCUT2D eigenvalue weighted by Crippen LogP contribution is 2.37. The second-order valence-electron chi connectivity index (χ2n) is 30.0. The van der Waals surface area contributed by atoms with Gasteiger partial charge in [-0.15, -0.1) is 0 Å². The third kappa shape index (κ3) is 78.8. The molecule has 97 heavy (non-hydrogen) atoms. The standard InChI is InChI=1S/C27H48O.3C20H40.C7H8O.CH4/c1-5-7-9-11-13-14-16-18-24-27(3,23-17-15-12-10-8-6-2)25-19-21-26(28-4)22-20-25;3*1-4-6-8-10-12-13-15-17-19-20(3)18-16-14-11-9-7-5-2;1-8-7-5-3-2-4-6-7;/h19-22H,5-18,23-24H2,1-4H3;19H,4-18H2,1-3H3;18H,4-17,19H2,1-3H3;3-19H2,1-2H3;2-6H,1H3;1H4/b;20-19-;20-18-;;;. The van der Waals surface area contributed by atoms with Crippen molar-refractivity contribution in [2.24, 2.45) is 0 Å². The molecule has 0 spiro atoms. The van der Waals surface area contributed by atoms with Crippen LogP contribution in [-0.2, 0) is 5.41 Å². The average molecular weight is 1350 g/mol. The van der Waals surface area contributed by atoms with Gasteiger partial charge in [-0.05, 0) is 139 Å². The number of para-hydroxylation sites is 1. The number of benzene rings is 2. The highest BCUT2D eigenvalue weighted by molar-refractivity contribution is 5.32. The molecule has 2 nitrogen and oxygen atoms in total. The molecule has 0 heterocycles. The van der Waals surface area contributed by atoms with Gasteiger partial charge in [-0.2, -0.15) is 0 Å². The monoisotopic (exact) mass is 1350 g/mol. The van der Waals surface area contributed by atoms with Crippen LogP contribution in [0.5, 0.6) is 11.5 Å². The van der Waals surface area contributed by atoms with Gasteiger partial charge in [-0.3, -0.25) is 0 Å². The van der Waals surface area contributed by atoms with Crippen LogP contribution < -0.4 is 9.47 Å². The van der Waals surface area contributed by atoms with E-state index in [4.69, 9.17) is 9.47 Å². The summed E-state index contributed by atoms with van der Waals surface area (Å²) < 4.78 is 10.3. The molecule has 2 rings (SSSR count). The van der Waals surface area contributed by atoms with Crippen LogP contribution in [0.1, 0.15) is 487 Å². The summed E-state index contributed by atoms with van der Waals surface area (Å²) in [5, 5.41) is 0. The zero-order valence-corrected chi connectivity index (χ0v) is 68.2. The van der Waals surface area contributed by atoms with Gasteiger partial charge in [-0.25, -0.2) is 0 Å². The zero-order chi connectivity index (χ0) is 71.0. The Balaban J connectivity index is -0.000000575. The fourth-order valence-electron chi connectivity index (χ4n) is 13.2. The van der Waals surface area contributed by atoms with Crippen LogP contribution in [0.15, 0.2) is 90.0 Å². The van der Waals surface area contributed by atoms with E-state index >= 15 is 0 Å². The molecule has 0 radical (unpaired) electrons. The second kappa shape index (κ2) is 85.7. The molecule has 0 saturated heterocycles. The van der Waals surface area contributed by atoms with Gasteiger partial charge in [0.05, 0.1) is 14.2 Å². The molecule has 572 valence electrons. The number of methoxy groups -OCH3 is 2. The fraction of sp³-hybridized carbons (Fsp3) is 0.811. The summed E-state index contributed by atoms with van der Waals surface area (Å²) in [5.74, 6) is 1.88. The Hall–Kier alpha value is -2.74. The predicted octanol–water partition coefficient (Wildman–Crippen LogP) is 35.0. The topological polar surface area (TPSA) is 18.5 Å². The van der Waals surface area contributed by atoms with Crippen molar-refractivity contribution >= 4 is 0 Å². The van der Waals surface area contributed by atoms with Gasteiger partial charge >= 0.3 is 0 Å². The van der Waals surface area contributed by atoms with Crippen molar-refractivity contribution in [2.75, 3.05) is 14.2 Å². The Morgan fingerprint density at radius 1 is 0.299 bits per heavy atom. The molecule has 0 amide bonds. The lowest BCUT2D eigenvalue weighted by molar-refractivity contribution is 0.361. The van der Waals surface area contributed by atoms with Crippen molar-refractivity contribution < 1.29 is 9.47 Å². The van der Waals surface area contributed by atoms with Crippen molar-refractivity contribution in [1.29, 1.82) is 0 Å². The van der Waals surface area contributed by atoms with Crippen LogP contribution in [0.3, 0.4) is 0 Å². The first-order valence-electron chi connectivity index (χ1n) is 43.2. The average Bonchev–Trinajstić information content (AvgIpc) is 0.931. The fourth-order valence-corrected chi connectivity index (χ4v) is 13.2. The lowest BCUT2D eigenvalue weighted by atomic mass is 9.74. The minimum absolute atomic E-state index is 0. The van der Waals surface area contributed by atoms with Crippen LogP contribution in [0, 0.1) is 0 Å². The molecule has 0 aliphatic carbocycles. The first kappa shape index (κ1) is 101. The molecule has 0 N–H and O–H groups in total. The Morgan fingerprint density at radius 2 is 0.526 bits per heavy atom. The summed E-state index contributed by atoms with van der Waals surface area (Å²) >= 11 is 0. The molecule has 2 aromatic carbocycles. The van der Waals surface area contributed by atoms with E-state index in [1.165, 1.54) is 409 Å². The SMILES string of the molecule is C.C=C(CCCCCCCC)CCCCCCCCCC.CCCCCCC/C=C(/C)CCCCCCCCCC.CCCCCCCCC/C=C(/C)CCCCCCCC.CCCCCCCCCCC(C)(CCCCCCCC)c1ccc(OC)cc1.COc1ccccc1. The Bertz CT molecular complexity index is 1800. The van der Waals surface area contributed by atoms with Gasteiger partial charge in [-0.1, -0.05) is 444 Å². The molecule has 1 atom stereocenters. The molecule has 0 saturated carbocycles. The summed E-state index contributed by atoms with van der Waals surface area (Å²) in [6, 6.07) is 18.6. The highest BCUT2D eigenvalue weighted by Gasteiger charge is 2.26. The maximum absolute atomic E-state index is 5.37. The number of rotatable bonds is 65. The maximum atomic E-state index is 5.37. The van der Waals surface area contributed by atoms with Crippen molar-refractivity contribution in [1.82, 2.24) is 0 Å². The Morgan fingerprint density at radius 3 is 0.784 bits per heavy atom. The summed E-state index contributed by atoms with van der Waals surface area (Å²) in [5.41, 5.74) is 6.59. The smallest absolute Gasteiger partial charge is 0.118 e. The van der Waals surface area contributed by atoms with Crippen LogP contribution in [0.2, 0.25) is 0 Å². The molecular weight excluding hydrogens is 1170 g/mol. The molecule has 2 heteroatoms. The van der Waals surface area contributed by atoms with E-state index in [9.17, 15) is 0 Å². The van der Waals surface area contributed by atoms with Crippen molar-refractivity contribution in [3.05, 3.63) is 95.6 Å². The van der Waals surface area contributed by atoms with Crippen LogP contribution >= 0.6 is 0 Å². The van der Waals surface area contributed by atoms with Gasteiger partial charge < -0.3 is 9.47 Å². The minimum atomic E-state index is 0. The van der Waals surface area contributed by atoms with Crippen molar-refractivity contribution in [3.63, 3.8) is 0 Å². The lowest BCUT2D eigenvalue weighted by Crippen LogP contribution is -2.22. The molecule has 2 aromatic rings. The summed E-state index contributed by atoms with van der Waals surface area (Å²) in [6.07, 6.45) is 91.8. The van der Waals surface area contributed by atoms with E-state index in [-0.39, 0.29) is 7.43 Å². The number of unbranched alkanes of at least 4 members (excludes halogenated alkanes) is 48. The largest absolute Gasteiger partial charge is 0.497 e. The van der Waals surface area contributed by atoms with Gasteiger partial charge in [0.15, 0.2) is 0 Å². The van der Waals surface area contributed by atoms with Crippen molar-refractivity contribution in [2.45, 2.75) is 487 Å². The van der Waals surface area contributed by atoms with Gasteiger partial charge in [0.2, 0.25) is 0 Å². The maximum Gasteiger partial charge on any atom is 0.118 e. The van der Waals surface area contributed by atoms with E-state index in [1.54, 1.807) is 25.4 Å². The van der Waals surface area contributed by atoms with E-state index < -0.39 is 0 Å². The minimum Gasteiger partial charge on any atom is -0.497 e. The lowest BCUT2D eigenvalue weighted by Gasteiger charge is -2.31. The first-order chi connectivity index (χ1) is 47.0. The van der Waals surface area contributed by atoms with E-state index in [2.05, 4.69) is 119 Å². The molecule has 0 aliphatic heterocycles. The number of allylic oxidation sites excluding steroid dienone is 5. The van der Waals surface area contributed by atoms with Crippen LogP contribution in [0.4, 0.5) is 0 Å². The summed E-state index contributed by atoms with van der Waals surface area (Å²) in [4.78, 5) is 0. The predicted molar refractivity (Wildman–Crippen MR) is 448 cm³/mol. The summed E-state index contributed by atoms with van der Waals surface area (Å²) in [7, 11) is 3.42. The quantitative estimate of drug-likeness (QED) is 0.0485. The number of hydrogen-bond donors (Lipinski definition) is 0. The van der Waals surface area contributed by atoms with Crippen molar-refractivity contribution in [3.8, 4) is 11.5 Å². The summed E-state index contributed by atoms with van der Waals surface area (Å²) in [6.45, 7) is 29.7. The normalized spacial score (nSPS) is 11.8. The number of hydrogen-bond acceptors (Lipinski definition) is 2. The highest BCUT2D eigenvalue weighted by atomic mass is 16.5. The molecule has 0 aromatic heterocycles. The Labute approximate surface area is 614 Å². The third-order valence-electron chi connectivity index (χ3n) is 20.1. The van der Waals surface area contributed by atoms with E-state index in [0.29, 0.717) is 5.41 Å². The van der Waals surface area contributed by atoms with Crippen LogP contribution in [0.25, 0.3) is 0 Å². The zero-order valence-electron chi connectivity index (χ0n) is 68.2. The van der Waals surface area contributed by atoms with Gasteiger partial charge in [0.1, 0.15) is 11.5 Å². The third-order valence-corrected chi connectivity index (χ3v) is 20.1. The Kier molecular flexibility index (Phi) is 88.9.